The predicted molar refractivity (Wildman–Crippen MR) is 78.1 cm³/mol. The number of pyridine rings is 1. The van der Waals surface area contributed by atoms with Crippen LogP contribution in [-0.4, -0.2) is 4.98 Å². The van der Waals surface area contributed by atoms with Gasteiger partial charge in [0.2, 0.25) is 0 Å². The lowest BCUT2D eigenvalue weighted by atomic mass is 10.2. The van der Waals surface area contributed by atoms with Gasteiger partial charge < -0.3 is 5.32 Å². The van der Waals surface area contributed by atoms with Crippen LogP contribution in [0, 0.1) is 12.7 Å². The van der Waals surface area contributed by atoms with Crippen molar-refractivity contribution in [2.75, 3.05) is 5.32 Å². The summed E-state index contributed by atoms with van der Waals surface area (Å²) in [5.41, 5.74) is 2.41. The second-order valence-corrected chi connectivity index (χ2v) is 5.58. The molecule has 2 aromatic rings. The molecule has 1 aromatic carbocycles. The number of aromatic nitrogens is 1. The normalized spacial score (nSPS) is 10.4. The van der Waals surface area contributed by atoms with Crippen LogP contribution in [0.2, 0.25) is 0 Å². The SMILES string of the molecule is Cc1nc(Br)ccc1NCc1ccc(Br)cc1F. The highest BCUT2D eigenvalue weighted by Gasteiger charge is 2.04. The summed E-state index contributed by atoms with van der Waals surface area (Å²) in [5.74, 6) is -0.223. The number of rotatable bonds is 3. The highest BCUT2D eigenvalue weighted by atomic mass is 79.9. The summed E-state index contributed by atoms with van der Waals surface area (Å²) in [5, 5.41) is 3.18. The van der Waals surface area contributed by atoms with Crippen molar-refractivity contribution in [3.8, 4) is 0 Å². The summed E-state index contributed by atoms with van der Waals surface area (Å²) in [4.78, 5) is 4.28. The number of halogens is 3. The maximum Gasteiger partial charge on any atom is 0.129 e. The Balaban J connectivity index is 2.11. The first-order valence-corrected chi connectivity index (χ1v) is 6.96. The van der Waals surface area contributed by atoms with Crippen molar-refractivity contribution in [1.82, 2.24) is 4.98 Å². The first-order chi connectivity index (χ1) is 8.56. The number of hydrogen-bond acceptors (Lipinski definition) is 2. The van der Waals surface area contributed by atoms with E-state index in [4.69, 9.17) is 0 Å². The van der Waals surface area contributed by atoms with E-state index in [0.29, 0.717) is 12.1 Å². The predicted octanol–water partition coefficient (Wildman–Crippen LogP) is 4.67. The van der Waals surface area contributed by atoms with E-state index >= 15 is 0 Å². The van der Waals surface area contributed by atoms with Crippen molar-refractivity contribution in [3.05, 3.63) is 56.5 Å². The number of nitrogens with zero attached hydrogens (tertiary/aromatic N) is 1. The molecule has 94 valence electrons. The van der Waals surface area contributed by atoms with Crippen LogP contribution < -0.4 is 5.32 Å². The van der Waals surface area contributed by atoms with E-state index in [9.17, 15) is 4.39 Å². The summed E-state index contributed by atoms with van der Waals surface area (Å²) in [6, 6.07) is 8.82. The molecule has 0 unspecified atom stereocenters. The maximum absolute atomic E-state index is 13.6. The first-order valence-electron chi connectivity index (χ1n) is 5.37. The molecule has 0 aliphatic heterocycles. The van der Waals surface area contributed by atoms with Gasteiger partial charge in [-0.25, -0.2) is 9.37 Å². The lowest BCUT2D eigenvalue weighted by molar-refractivity contribution is 0.612. The Hall–Kier alpha value is -0.940. The Morgan fingerprint density at radius 3 is 2.67 bits per heavy atom. The van der Waals surface area contributed by atoms with Crippen LogP contribution >= 0.6 is 31.9 Å². The molecule has 0 amide bonds. The largest absolute Gasteiger partial charge is 0.379 e. The molecule has 1 N–H and O–H groups in total. The van der Waals surface area contributed by atoms with Gasteiger partial charge in [0.05, 0.1) is 11.4 Å². The van der Waals surface area contributed by atoms with E-state index in [1.807, 2.05) is 25.1 Å². The van der Waals surface area contributed by atoms with Crippen molar-refractivity contribution >= 4 is 37.5 Å². The van der Waals surface area contributed by atoms with Crippen LogP contribution in [0.1, 0.15) is 11.3 Å². The maximum atomic E-state index is 13.6. The molecule has 0 aliphatic carbocycles. The van der Waals surface area contributed by atoms with E-state index in [1.165, 1.54) is 6.07 Å². The third-order valence-corrected chi connectivity index (χ3v) is 3.47. The molecular weight excluding hydrogens is 363 g/mol. The van der Waals surface area contributed by atoms with Crippen molar-refractivity contribution in [2.24, 2.45) is 0 Å². The van der Waals surface area contributed by atoms with E-state index in [1.54, 1.807) is 6.07 Å². The minimum absolute atomic E-state index is 0.223. The number of anilines is 1. The van der Waals surface area contributed by atoms with Gasteiger partial charge in [0.1, 0.15) is 10.4 Å². The van der Waals surface area contributed by atoms with Gasteiger partial charge in [-0.1, -0.05) is 22.0 Å². The number of benzene rings is 1. The Kier molecular flexibility index (Phi) is 4.35. The number of aryl methyl sites for hydroxylation is 1. The van der Waals surface area contributed by atoms with Crippen LogP contribution in [0.3, 0.4) is 0 Å². The molecule has 0 radical (unpaired) electrons. The zero-order valence-electron chi connectivity index (χ0n) is 9.67. The smallest absolute Gasteiger partial charge is 0.129 e. The zero-order valence-corrected chi connectivity index (χ0v) is 12.8. The molecule has 0 bridgehead atoms. The molecule has 0 spiro atoms. The average molecular weight is 374 g/mol. The first kappa shape index (κ1) is 13.5. The number of hydrogen-bond donors (Lipinski definition) is 1. The van der Waals surface area contributed by atoms with Gasteiger partial charge in [0, 0.05) is 16.6 Å². The molecule has 0 saturated carbocycles. The molecule has 0 saturated heterocycles. The van der Waals surface area contributed by atoms with Crippen LogP contribution in [0.15, 0.2) is 39.4 Å². The summed E-state index contributed by atoms with van der Waals surface area (Å²) in [6.45, 7) is 2.34. The third kappa shape index (κ3) is 3.29. The van der Waals surface area contributed by atoms with E-state index in [0.717, 1.165) is 20.5 Å². The fourth-order valence-corrected chi connectivity index (χ4v) is 2.30. The van der Waals surface area contributed by atoms with Crippen molar-refractivity contribution < 1.29 is 4.39 Å². The van der Waals surface area contributed by atoms with Crippen LogP contribution in [0.5, 0.6) is 0 Å². The Morgan fingerprint density at radius 1 is 1.22 bits per heavy atom. The monoisotopic (exact) mass is 372 g/mol. The molecular formula is C13H11Br2FN2. The van der Waals surface area contributed by atoms with Gasteiger partial charge in [-0.3, -0.25) is 0 Å². The van der Waals surface area contributed by atoms with Crippen molar-refractivity contribution in [1.29, 1.82) is 0 Å². The zero-order chi connectivity index (χ0) is 13.1. The minimum atomic E-state index is -0.223. The lowest BCUT2D eigenvalue weighted by Crippen LogP contribution is -2.04. The van der Waals surface area contributed by atoms with Gasteiger partial charge >= 0.3 is 0 Å². The quantitative estimate of drug-likeness (QED) is 0.791. The Morgan fingerprint density at radius 2 is 2.00 bits per heavy atom. The Labute approximate surface area is 122 Å². The molecule has 2 rings (SSSR count). The average Bonchev–Trinajstić information content (AvgIpc) is 2.30. The highest BCUT2D eigenvalue weighted by Crippen LogP contribution is 2.19. The second kappa shape index (κ2) is 5.80. The second-order valence-electron chi connectivity index (χ2n) is 3.86. The molecule has 0 atom stereocenters. The van der Waals surface area contributed by atoms with Crippen molar-refractivity contribution in [3.63, 3.8) is 0 Å². The van der Waals surface area contributed by atoms with Gasteiger partial charge in [0.25, 0.3) is 0 Å². The topological polar surface area (TPSA) is 24.9 Å². The number of nitrogens with one attached hydrogen (secondary N) is 1. The molecule has 1 aromatic heterocycles. The summed E-state index contributed by atoms with van der Waals surface area (Å²) >= 11 is 6.54. The van der Waals surface area contributed by atoms with Gasteiger partial charge in [-0.2, -0.15) is 0 Å². The molecule has 18 heavy (non-hydrogen) atoms. The summed E-state index contributed by atoms with van der Waals surface area (Å²) in [6.07, 6.45) is 0. The minimum Gasteiger partial charge on any atom is -0.379 e. The molecule has 0 fully saturated rings. The van der Waals surface area contributed by atoms with Crippen LogP contribution in [-0.2, 0) is 6.54 Å². The molecule has 2 nitrogen and oxygen atoms in total. The standard InChI is InChI=1S/C13H11Br2FN2/c1-8-12(4-5-13(15)18-8)17-7-9-2-3-10(14)6-11(9)16/h2-6,17H,7H2,1H3. The van der Waals surface area contributed by atoms with Crippen LogP contribution in [0.4, 0.5) is 10.1 Å². The van der Waals surface area contributed by atoms with Crippen LogP contribution in [0.25, 0.3) is 0 Å². The van der Waals surface area contributed by atoms with E-state index in [-0.39, 0.29) is 5.82 Å². The fourth-order valence-electron chi connectivity index (χ4n) is 1.57. The molecule has 5 heteroatoms. The van der Waals surface area contributed by atoms with Crippen molar-refractivity contribution in [2.45, 2.75) is 13.5 Å². The van der Waals surface area contributed by atoms with Gasteiger partial charge in [0.15, 0.2) is 0 Å². The third-order valence-electron chi connectivity index (χ3n) is 2.54. The molecule has 1 heterocycles. The van der Waals surface area contributed by atoms with Gasteiger partial charge in [-0.15, -0.1) is 0 Å². The molecule has 0 aliphatic rings. The summed E-state index contributed by atoms with van der Waals surface area (Å²) < 4.78 is 15.2. The Bertz CT molecular complexity index is 521. The van der Waals surface area contributed by atoms with Gasteiger partial charge in [-0.05, 0) is 47.1 Å². The van der Waals surface area contributed by atoms with E-state index in [2.05, 4.69) is 42.2 Å². The fraction of sp³-hybridized carbons (Fsp3) is 0.154. The van der Waals surface area contributed by atoms with E-state index < -0.39 is 0 Å². The highest BCUT2D eigenvalue weighted by molar-refractivity contribution is 9.10. The summed E-state index contributed by atoms with van der Waals surface area (Å²) in [7, 11) is 0. The lowest BCUT2D eigenvalue weighted by Gasteiger charge is -2.10.